The first-order valence-electron chi connectivity index (χ1n) is 5.66. The van der Waals surface area contributed by atoms with E-state index in [2.05, 4.69) is 16.8 Å². The van der Waals surface area contributed by atoms with Gasteiger partial charge in [-0.3, -0.25) is 0 Å². The van der Waals surface area contributed by atoms with Crippen LogP contribution in [0.3, 0.4) is 0 Å². The van der Waals surface area contributed by atoms with Crippen LogP contribution < -0.4 is 10.4 Å². The van der Waals surface area contributed by atoms with Crippen molar-refractivity contribution in [2.45, 2.75) is 13.0 Å². The lowest BCUT2D eigenvalue weighted by Gasteiger charge is -2.14. The summed E-state index contributed by atoms with van der Waals surface area (Å²) in [5.74, 6) is -0.117. The van der Waals surface area contributed by atoms with E-state index in [-0.39, 0.29) is 10.8 Å². The first-order chi connectivity index (χ1) is 8.66. The molecule has 0 atom stereocenters. The molecule has 5 heteroatoms. The van der Waals surface area contributed by atoms with E-state index >= 15 is 0 Å². The lowest BCUT2D eigenvalue weighted by Crippen LogP contribution is -2.83. The first kappa shape index (κ1) is 13.7. The van der Waals surface area contributed by atoms with E-state index in [1.165, 1.54) is 10.9 Å². The zero-order valence-corrected chi connectivity index (χ0v) is 12.0. The van der Waals surface area contributed by atoms with Crippen molar-refractivity contribution in [3.8, 4) is 5.75 Å². The first-order valence-corrected chi connectivity index (χ1v) is 7.29. The molecule has 0 aliphatic heterocycles. The van der Waals surface area contributed by atoms with Crippen LogP contribution in [-0.4, -0.2) is 6.54 Å². The monoisotopic (exact) mass is 301 g/mol. The largest absolute Gasteiger partial charge is 0.871 e. The average molecular weight is 302 g/mol. The number of hydrogen-bond acceptors (Lipinski definition) is 2. The zero-order valence-electron chi connectivity index (χ0n) is 9.66. The molecule has 2 rings (SSSR count). The van der Waals surface area contributed by atoms with E-state index in [0.717, 1.165) is 13.0 Å². The fourth-order valence-corrected chi connectivity index (χ4v) is 2.98. The summed E-state index contributed by atoms with van der Waals surface area (Å²) in [7, 11) is 0. The molecule has 2 N–H and O–H groups in total. The van der Waals surface area contributed by atoms with Crippen molar-refractivity contribution in [1.82, 2.24) is 0 Å². The summed E-state index contributed by atoms with van der Waals surface area (Å²) >= 11 is 13.4. The van der Waals surface area contributed by atoms with E-state index in [9.17, 15) is 5.11 Å². The Balaban J connectivity index is 1.86. The maximum absolute atomic E-state index is 11.7. The normalized spacial score (nSPS) is 10.8. The topological polar surface area (TPSA) is 39.7 Å². The molecule has 0 unspecified atom stereocenters. The highest BCUT2D eigenvalue weighted by Crippen LogP contribution is 2.28. The molecule has 0 radical (unpaired) electrons. The zero-order chi connectivity index (χ0) is 13.0. The SMILES string of the molecule is [O-]c1c(Cl)cc(Cl)cc1C[NH2+]CCc1cccs1. The number of rotatable bonds is 5. The van der Waals surface area contributed by atoms with Crippen molar-refractivity contribution in [1.29, 1.82) is 0 Å². The molecule has 0 saturated carbocycles. The van der Waals surface area contributed by atoms with Gasteiger partial charge in [-0.05, 0) is 23.6 Å². The fourth-order valence-electron chi connectivity index (χ4n) is 1.72. The van der Waals surface area contributed by atoms with Crippen LogP contribution >= 0.6 is 34.5 Å². The van der Waals surface area contributed by atoms with Crippen molar-refractivity contribution in [3.63, 3.8) is 0 Å². The second-order valence-electron chi connectivity index (χ2n) is 3.99. The molecule has 1 aromatic heterocycles. The van der Waals surface area contributed by atoms with Gasteiger partial charge in [0, 0.05) is 26.9 Å². The van der Waals surface area contributed by atoms with Crippen molar-refractivity contribution >= 4 is 34.5 Å². The summed E-state index contributed by atoms with van der Waals surface area (Å²) in [6.07, 6.45) is 1.01. The van der Waals surface area contributed by atoms with Gasteiger partial charge in [0.25, 0.3) is 0 Å². The summed E-state index contributed by atoms with van der Waals surface area (Å²) in [6.45, 7) is 1.56. The van der Waals surface area contributed by atoms with Crippen LogP contribution in [0.4, 0.5) is 0 Å². The molecule has 0 aliphatic carbocycles. The number of benzene rings is 1. The van der Waals surface area contributed by atoms with Crippen molar-refractivity contribution < 1.29 is 10.4 Å². The Hall–Kier alpha value is -0.740. The van der Waals surface area contributed by atoms with E-state index < -0.39 is 0 Å². The quantitative estimate of drug-likeness (QED) is 0.847. The maximum Gasteiger partial charge on any atom is 0.101 e. The Morgan fingerprint density at radius 2 is 2.11 bits per heavy atom. The average Bonchev–Trinajstić information content (AvgIpc) is 2.83. The lowest BCUT2D eigenvalue weighted by atomic mass is 10.2. The second kappa shape index (κ2) is 6.43. The maximum atomic E-state index is 11.7. The van der Waals surface area contributed by atoms with Crippen LogP contribution in [0.15, 0.2) is 29.6 Å². The Kier molecular flexibility index (Phi) is 4.89. The van der Waals surface area contributed by atoms with Crippen molar-refractivity contribution in [2.75, 3.05) is 6.54 Å². The van der Waals surface area contributed by atoms with Gasteiger partial charge in [0.15, 0.2) is 0 Å². The molecule has 0 saturated heterocycles. The van der Waals surface area contributed by atoms with Gasteiger partial charge in [-0.2, -0.15) is 0 Å². The van der Waals surface area contributed by atoms with Gasteiger partial charge in [0.05, 0.1) is 6.54 Å². The predicted molar refractivity (Wildman–Crippen MR) is 74.4 cm³/mol. The fraction of sp³-hybridized carbons (Fsp3) is 0.231. The van der Waals surface area contributed by atoms with Gasteiger partial charge in [-0.1, -0.05) is 35.0 Å². The van der Waals surface area contributed by atoms with Crippen molar-refractivity contribution in [2.24, 2.45) is 0 Å². The number of halogens is 2. The van der Waals surface area contributed by atoms with E-state index in [1.54, 1.807) is 17.4 Å². The highest BCUT2D eigenvalue weighted by molar-refractivity contribution is 7.09. The van der Waals surface area contributed by atoms with Crippen molar-refractivity contribution in [3.05, 3.63) is 50.1 Å². The number of quaternary nitrogens is 1. The third-order valence-corrected chi connectivity index (χ3v) is 4.06. The smallest absolute Gasteiger partial charge is 0.101 e. The van der Waals surface area contributed by atoms with Gasteiger partial charge < -0.3 is 10.4 Å². The Morgan fingerprint density at radius 1 is 1.28 bits per heavy atom. The molecule has 0 aliphatic rings. The summed E-state index contributed by atoms with van der Waals surface area (Å²) in [6, 6.07) is 7.35. The van der Waals surface area contributed by atoms with E-state index in [1.807, 2.05) is 6.07 Å². The second-order valence-corrected chi connectivity index (χ2v) is 5.86. The molecule has 1 heterocycles. The molecular formula is C13H13Cl2NOS. The van der Waals surface area contributed by atoms with Gasteiger partial charge in [-0.15, -0.1) is 11.3 Å². The van der Waals surface area contributed by atoms with Crippen LogP contribution in [0.25, 0.3) is 0 Å². The number of nitrogens with two attached hydrogens (primary N) is 1. The van der Waals surface area contributed by atoms with Gasteiger partial charge in [0.1, 0.15) is 6.54 Å². The Labute approximate surface area is 120 Å². The van der Waals surface area contributed by atoms with Crippen LogP contribution in [0.1, 0.15) is 10.4 Å². The molecule has 0 amide bonds. The minimum atomic E-state index is -0.117. The molecule has 2 aromatic rings. The van der Waals surface area contributed by atoms with E-state index in [0.29, 0.717) is 17.1 Å². The van der Waals surface area contributed by atoms with Crippen LogP contribution in [-0.2, 0) is 13.0 Å². The highest BCUT2D eigenvalue weighted by Gasteiger charge is 2.03. The molecule has 18 heavy (non-hydrogen) atoms. The van der Waals surface area contributed by atoms with E-state index in [4.69, 9.17) is 23.2 Å². The summed E-state index contributed by atoms with van der Waals surface area (Å²) < 4.78 is 0. The summed E-state index contributed by atoms with van der Waals surface area (Å²) in [4.78, 5) is 1.36. The number of thiophene rings is 1. The number of hydrogen-bond donors (Lipinski definition) is 1. The van der Waals surface area contributed by atoms with Gasteiger partial charge >= 0.3 is 0 Å². The van der Waals surface area contributed by atoms with Gasteiger partial charge in [0.2, 0.25) is 0 Å². The summed E-state index contributed by atoms with van der Waals surface area (Å²) in [5, 5.41) is 16.6. The predicted octanol–water partition coefficient (Wildman–Crippen LogP) is 2.43. The highest BCUT2D eigenvalue weighted by atomic mass is 35.5. The standard InChI is InChI=1S/C13H13Cl2NOS/c14-10-6-9(13(17)12(15)7-10)8-16-4-3-11-2-1-5-18-11/h1-2,5-7,16-17H,3-4,8H2. The molecule has 2 nitrogen and oxygen atoms in total. The molecule has 0 bridgehead atoms. The molecular weight excluding hydrogens is 289 g/mol. The van der Waals surface area contributed by atoms with Crippen LogP contribution in [0, 0.1) is 0 Å². The minimum absolute atomic E-state index is 0.117. The Morgan fingerprint density at radius 3 is 2.83 bits per heavy atom. The minimum Gasteiger partial charge on any atom is -0.871 e. The Bertz CT molecular complexity index is 514. The lowest BCUT2D eigenvalue weighted by molar-refractivity contribution is -0.670. The molecule has 0 spiro atoms. The molecule has 96 valence electrons. The van der Waals surface area contributed by atoms with Crippen LogP contribution in [0.5, 0.6) is 5.75 Å². The van der Waals surface area contributed by atoms with Crippen LogP contribution in [0.2, 0.25) is 10.0 Å². The third kappa shape index (κ3) is 3.62. The molecule has 1 aromatic carbocycles. The molecule has 0 fully saturated rings. The summed E-state index contributed by atoms with van der Waals surface area (Å²) in [5.41, 5.74) is 0.665. The third-order valence-electron chi connectivity index (χ3n) is 2.62. The van der Waals surface area contributed by atoms with Gasteiger partial charge in [-0.25, -0.2) is 0 Å².